The highest BCUT2D eigenvalue weighted by molar-refractivity contribution is 5.64. The highest BCUT2D eigenvalue weighted by atomic mass is 14.9. The third-order valence-electron chi connectivity index (χ3n) is 2.52. The zero-order valence-corrected chi connectivity index (χ0v) is 11.1. The maximum Gasteiger partial charge on any atom is 0.0502 e. The number of para-hydroxylation sites is 1. The van der Waals surface area contributed by atoms with Crippen molar-refractivity contribution in [2.24, 2.45) is 0 Å². The Bertz CT molecular complexity index is 524. The van der Waals surface area contributed by atoms with Crippen molar-refractivity contribution in [2.75, 3.05) is 11.9 Å². The maximum atomic E-state index is 3.80. The fourth-order valence-corrected chi connectivity index (χ4v) is 1.61. The van der Waals surface area contributed by atoms with Gasteiger partial charge in [0.15, 0.2) is 0 Å². The number of benzene rings is 1. The fourth-order valence-electron chi connectivity index (χ4n) is 1.61. The van der Waals surface area contributed by atoms with Gasteiger partial charge in [-0.05, 0) is 17.7 Å². The van der Waals surface area contributed by atoms with Gasteiger partial charge in [-0.2, -0.15) is 0 Å². The van der Waals surface area contributed by atoms with Gasteiger partial charge in [0.05, 0.1) is 5.69 Å². The van der Waals surface area contributed by atoms with Crippen molar-refractivity contribution >= 4 is 5.69 Å². The third kappa shape index (κ3) is 3.15. The molecule has 1 aromatic carbocycles. The number of rotatable bonds is 2. The van der Waals surface area contributed by atoms with E-state index in [2.05, 4.69) is 30.3 Å². The van der Waals surface area contributed by atoms with Crippen LogP contribution in [0.3, 0.4) is 0 Å². The molecule has 1 N–H and O–H groups in total. The molecule has 18 heavy (non-hydrogen) atoms. The highest BCUT2D eigenvalue weighted by Crippen LogP contribution is 2.18. The molecule has 0 atom stereocenters. The molecule has 2 rings (SSSR count). The predicted molar refractivity (Wildman–Crippen MR) is 80.6 cm³/mol. The Labute approximate surface area is 110 Å². The summed E-state index contributed by atoms with van der Waals surface area (Å²) in [6.07, 6.45) is 3.60. The van der Waals surface area contributed by atoms with Gasteiger partial charge in [-0.25, -0.2) is 0 Å². The van der Waals surface area contributed by atoms with Crippen LogP contribution in [0.1, 0.15) is 19.4 Å². The molecule has 1 aromatic rings. The van der Waals surface area contributed by atoms with Gasteiger partial charge in [-0.1, -0.05) is 63.1 Å². The smallest absolute Gasteiger partial charge is 0.0502 e. The molecule has 92 valence electrons. The van der Waals surface area contributed by atoms with E-state index in [-0.39, 0.29) is 0 Å². The van der Waals surface area contributed by atoms with E-state index in [1.165, 1.54) is 0 Å². The first-order chi connectivity index (χ1) is 8.85. The zero-order valence-electron chi connectivity index (χ0n) is 11.1. The van der Waals surface area contributed by atoms with Crippen LogP contribution >= 0.6 is 0 Å². The lowest BCUT2D eigenvalue weighted by atomic mass is 10.0. The molecule has 0 fully saturated rings. The summed E-state index contributed by atoms with van der Waals surface area (Å²) >= 11 is 0. The lowest BCUT2D eigenvalue weighted by Gasteiger charge is -2.12. The second-order valence-electron chi connectivity index (χ2n) is 3.50. The van der Waals surface area contributed by atoms with Gasteiger partial charge in [-0.3, -0.25) is 0 Å². The van der Waals surface area contributed by atoms with E-state index in [1.807, 2.05) is 44.2 Å². The largest absolute Gasteiger partial charge is 0.380 e. The molecule has 0 saturated carbocycles. The van der Waals surface area contributed by atoms with Crippen LogP contribution in [0.4, 0.5) is 5.69 Å². The van der Waals surface area contributed by atoms with Crippen molar-refractivity contribution in [3.8, 4) is 11.8 Å². The second kappa shape index (κ2) is 7.19. The average molecular weight is 237 g/mol. The van der Waals surface area contributed by atoms with E-state index in [0.717, 1.165) is 28.9 Å². The lowest BCUT2D eigenvalue weighted by Crippen LogP contribution is -2.07. The molecule has 0 radical (unpaired) electrons. The molecule has 0 aliphatic carbocycles. The molecule has 0 spiro atoms. The average Bonchev–Trinajstić information content (AvgIpc) is 2.42. The normalized spacial score (nSPS) is 16.3. The third-order valence-corrected chi connectivity index (χ3v) is 2.52. The number of nitrogens with one attached hydrogen (secondary N) is 1. The Kier molecular flexibility index (Phi) is 5.54. The van der Waals surface area contributed by atoms with Crippen LogP contribution in [0.5, 0.6) is 0 Å². The number of anilines is 1. The summed E-state index contributed by atoms with van der Waals surface area (Å²) in [4.78, 5) is 0. The van der Waals surface area contributed by atoms with E-state index >= 15 is 0 Å². The second-order valence-corrected chi connectivity index (χ2v) is 3.50. The van der Waals surface area contributed by atoms with Gasteiger partial charge in [-0.15, -0.1) is 0 Å². The summed E-state index contributed by atoms with van der Waals surface area (Å²) in [5.41, 5.74) is 4.11. The van der Waals surface area contributed by atoms with Gasteiger partial charge < -0.3 is 5.32 Å². The first kappa shape index (κ1) is 13.9. The van der Waals surface area contributed by atoms with Gasteiger partial charge >= 0.3 is 0 Å². The SMILES string of the molecule is C=C/C1=C(\C=C)CNc2ccccc2C#C1.CC. The quantitative estimate of drug-likeness (QED) is 0.762. The maximum absolute atomic E-state index is 3.80. The van der Waals surface area contributed by atoms with Gasteiger partial charge in [0, 0.05) is 17.7 Å². The summed E-state index contributed by atoms with van der Waals surface area (Å²) in [5, 5.41) is 3.35. The fraction of sp³-hybridized carbons (Fsp3) is 0.176. The topological polar surface area (TPSA) is 12.0 Å². The van der Waals surface area contributed by atoms with Crippen LogP contribution in [0.2, 0.25) is 0 Å². The Morgan fingerprint density at radius 2 is 1.83 bits per heavy atom. The minimum Gasteiger partial charge on any atom is -0.380 e. The molecule has 1 aliphatic rings. The van der Waals surface area contributed by atoms with Crippen molar-refractivity contribution in [3.05, 3.63) is 66.3 Å². The minimum absolute atomic E-state index is 0.733. The van der Waals surface area contributed by atoms with E-state index in [4.69, 9.17) is 0 Å². The number of allylic oxidation sites excluding steroid dienone is 2. The number of fused-ring (bicyclic) bond motifs is 1. The van der Waals surface area contributed by atoms with Crippen LogP contribution < -0.4 is 5.32 Å². The van der Waals surface area contributed by atoms with Gasteiger partial charge in [0.25, 0.3) is 0 Å². The predicted octanol–water partition coefficient (Wildman–Crippen LogP) is 4.16. The van der Waals surface area contributed by atoms with Crippen molar-refractivity contribution in [1.29, 1.82) is 0 Å². The van der Waals surface area contributed by atoms with Crippen LogP contribution in [0.15, 0.2) is 60.7 Å². The van der Waals surface area contributed by atoms with E-state index < -0.39 is 0 Å². The standard InChI is InChI=1S/C15H13N.C2H6/c1-3-12-9-10-14-7-5-6-8-15(14)16-11-13(12)4-2;1-2/h3-8,16H,1-2,11H2;1-2H3/b13-12-;. The Morgan fingerprint density at radius 3 is 2.50 bits per heavy atom. The molecular weight excluding hydrogens is 218 g/mol. The van der Waals surface area contributed by atoms with E-state index in [9.17, 15) is 0 Å². The molecule has 0 saturated heterocycles. The Balaban J connectivity index is 0.000000771. The first-order valence-corrected chi connectivity index (χ1v) is 6.18. The molecule has 1 nitrogen and oxygen atoms in total. The van der Waals surface area contributed by atoms with Crippen LogP contribution in [-0.2, 0) is 0 Å². The molecule has 0 bridgehead atoms. The first-order valence-electron chi connectivity index (χ1n) is 6.18. The monoisotopic (exact) mass is 237 g/mol. The molecule has 0 unspecified atom stereocenters. The van der Waals surface area contributed by atoms with Gasteiger partial charge in [0.1, 0.15) is 0 Å². The molecular formula is C17H19N. The molecule has 1 heteroatoms. The number of hydrogen-bond acceptors (Lipinski definition) is 1. The van der Waals surface area contributed by atoms with E-state index in [0.29, 0.717) is 0 Å². The Hall–Kier alpha value is -2.20. The molecule has 0 aromatic heterocycles. The lowest BCUT2D eigenvalue weighted by molar-refractivity contribution is 1.24. The molecule has 0 amide bonds. The van der Waals surface area contributed by atoms with Crippen LogP contribution in [0.25, 0.3) is 0 Å². The molecule has 1 aliphatic heterocycles. The van der Waals surface area contributed by atoms with Crippen molar-refractivity contribution < 1.29 is 0 Å². The Morgan fingerprint density at radius 1 is 1.11 bits per heavy atom. The summed E-state index contributed by atoms with van der Waals surface area (Å²) in [7, 11) is 0. The summed E-state index contributed by atoms with van der Waals surface area (Å²) in [6, 6.07) is 8.03. The summed E-state index contributed by atoms with van der Waals surface area (Å²) in [5.74, 6) is 6.27. The minimum atomic E-state index is 0.733. The molecule has 1 heterocycles. The van der Waals surface area contributed by atoms with Gasteiger partial charge in [0.2, 0.25) is 0 Å². The highest BCUT2D eigenvalue weighted by Gasteiger charge is 2.04. The van der Waals surface area contributed by atoms with Crippen molar-refractivity contribution in [2.45, 2.75) is 13.8 Å². The van der Waals surface area contributed by atoms with Crippen LogP contribution in [-0.4, -0.2) is 6.54 Å². The zero-order chi connectivity index (χ0) is 13.4. The van der Waals surface area contributed by atoms with Crippen molar-refractivity contribution in [1.82, 2.24) is 0 Å². The summed E-state index contributed by atoms with van der Waals surface area (Å²) < 4.78 is 0. The van der Waals surface area contributed by atoms with E-state index in [1.54, 1.807) is 6.08 Å². The van der Waals surface area contributed by atoms with Crippen molar-refractivity contribution in [3.63, 3.8) is 0 Å². The van der Waals surface area contributed by atoms with Crippen LogP contribution in [0, 0.1) is 11.8 Å². The number of hydrogen-bond donors (Lipinski definition) is 1. The summed E-state index contributed by atoms with van der Waals surface area (Å²) in [6.45, 7) is 12.3.